The fourth-order valence-corrected chi connectivity index (χ4v) is 0.607. The highest BCUT2D eigenvalue weighted by atomic mass is 15.0. The highest BCUT2D eigenvalue weighted by molar-refractivity contribution is 5.02. The van der Waals surface area contributed by atoms with Crippen molar-refractivity contribution in [2.45, 2.75) is 13.3 Å². The van der Waals surface area contributed by atoms with Crippen LogP contribution in [0.1, 0.15) is 12.6 Å². The second kappa shape index (κ2) is 6.19. The zero-order valence-electron chi connectivity index (χ0n) is 6.12. The van der Waals surface area contributed by atoms with Crippen molar-refractivity contribution >= 4 is 0 Å². The maximum Gasteiger partial charge on any atom is 0.0400 e. The van der Waals surface area contributed by atoms with Crippen molar-refractivity contribution in [2.24, 2.45) is 11.7 Å². The second-order valence-corrected chi connectivity index (χ2v) is 1.67. The first-order chi connectivity index (χ1) is 4.93. The largest absolute Gasteiger partial charge is 0.274 e. The molecule has 1 aromatic rings. The Balaban J connectivity index is 0.000000371. The van der Waals surface area contributed by atoms with E-state index >= 15 is 0 Å². The third-order valence-electron chi connectivity index (χ3n) is 1.09. The lowest BCUT2D eigenvalue weighted by Crippen LogP contribution is -2.02. The molecular formula is C7H13N3. The van der Waals surface area contributed by atoms with Crippen LogP contribution in [0.3, 0.4) is 0 Å². The lowest BCUT2D eigenvalue weighted by atomic mass is 10.3. The molecule has 1 heterocycles. The summed E-state index contributed by atoms with van der Waals surface area (Å²) in [6.07, 6.45) is 2.85. The van der Waals surface area contributed by atoms with Gasteiger partial charge in [-0.1, -0.05) is 13.0 Å². The van der Waals surface area contributed by atoms with Crippen molar-refractivity contribution in [3.05, 3.63) is 30.1 Å². The first kappa shape index (κ1) is 9.07. The van der Waals surface area contributed by atoms with Crippen molar-refractivity contribution in [1.82, 2.24) is 4.98 Å². The van der Waals surface area contributed by atoms with Gasteiger partial charge in [-0.05, 0) is 18.6 Å². The minimum absolute atomic E-state index is 1.03. The molecule has 0 amide bonds. The number of hydrazine groups is 1. The Bertz CT molecular complexity index is 150. The maximum absolute atomic E-state index is 4.10. The molecule has 56 valence electrons. The van der Waals surface area contributed by atoms with Crippen LogP contribution in [0.4, 0.5) is 0 Å². The summed E-state index contributed by atoms with van der Waals surface area (Å²) in [6.45, 7) is 2.10. The van der Waals surface area contributed by atoms with Gasteiger partial charge in [0, 0.05) is 11.9 Å². The van der Waals surface area contributed by atoms with Gasteiger partial charge >= 0.3 is 0 Å². The van der Waals surface area contributed by atoms with Crippen molar-refractivity contribution < 1.29 is 0 Å². The second-order valence-electron chi connectivity index (χ2n) is 1.67. The quantitative estimate of drug-likeness (QED) is 0.439. The molecule has 0 radical (unpaired) electrons. The first-order valence-electron chi connectivity index (χ1n) is 3.16. The Morgan fingerprint density at radius 3 is 2.40 bits per heavy atom. The van der Waals surface area contributed by atoms with Crippen LogP contribution in [0.2, 0.25) is 0 Å². The molecule has 4 N–H and O–H groups in total. The number of hydrogen-bond donors (Lipinski definition) is 2. The Morgan fingerprint density at radius 2 is 2.10 bits per heavy atom. The van der Waals surface area contributed by atoms with Crippen LogP contribution in [0.5, 0.6) is 0 Å². The van der Waals surface area contributed by atoms with E-state index in [0.717, 1.165) is 12.1 Å². The molecular weight excluding hydrogens is 126 g/mol. The van der Waals surface area contributed by atoms with E-state index in [0.29, 0.717) is 0 Å². The average Bonchev–Trinajstić information content (AvgIpc) is 2.10. The van der Waals surface area contributed by atoms with Gasteiger partial charge in [-0.2, -0.15) is 0 Å². The molecule has 3 nitrogen and oxygen atoms in total. The minimum atomic E-state index is 1.03. The van der Waals surface area contributed by atoms with Gasteiger partial charge in [-0.3, -0.25) is 16.7 Å². The number of hydrogen-bond acceptors (Lipinski definition) is 3. The molecule has 1 rings (SSSR count). The number of nitrogens with two attached hydrogens (primary N) is 2. The van der Waals surface area contributed by atoms with Crippen molar-refractivity contribution in [3.8, 4) is 0 Å². The number of aromatic nitrogens is 1. The zero-order valence-corrected chi connectivity index (χ0v) is 6.12. The smallest absolute Gasteiger partial charge is 0.0400 e. The van der Waals surface area contributed by atoms with Gasteiger partial charge in [0.15, 0.2) is 0 Å². The van der Waals surface area contributed by atoms with Crippen LogP contribution in [0, 0.1) is 0 Å². The van der Waals surface area contributed by atoms with Crippen LogP contribution >= 0.6 is 0 Å². The summed E-state index contributed by atoms with van der Waals surface area (Å²) >= 11 is 0. The summed E-state index contributed by atoms with van der Waals surface area (Å²) in [5, 5.41) is 0. The van der Waals surface area contributed by atoms with Crippen LogP contribution < -0.4 is 11.7 Å². The molecule has 1 aromatic heterocycles. The summed E-state index contributed by atoms with van der Waals surface area (Å²) in [6, 6.07) is 5.96. The summed E-state index contributed by atoms with van der Waals surface area (Å²) < 4.78 is 0. The van der Waals surface area contributed by atoms with Gasteiger partial charge < -0.3 is 0 Å². The monoisotopic (exact) mass is 139 g/mol. The predicted molar refractivity (Wildman–Crippen MR) is 42.0 cm³/mol. The van der Waals surface area contributed by atoms with Crippen LogP contribution in [-0.2, 0) is 6.42 Å². The molecule has 10 heavy (non-hydrogen) atoms. The third-order valence-corrected chi connectivity index (χ3v) is 1.09. The molecule has 0 unspecified atom stereocenters. The lowest BCUT2D eigenvalue weighted by Gasteiger charge is -1.88. The molecule has 0 bridgehead atoms. The van der Waals surface area contributed by atoms with E-state index in [-0.39, 0.29) is 0 Å². The molecule has 0 atom stereocenters. The fourth-order valence-electron chi connectivity index (χ4n) is 0.607. The minimum Gasteiger partial charge on any atom is -0.274 e. The van der Waals surface area contributed by atoms with E-state index in [1.807, 2.05) is 24.4 Å². The van der Waals surface area contributed by atoms with E-state index < -0.39 is 0 Å². The van der Waals surface area contributed by atoms with Crippen molar-refractivity contribution in [2.75, 3.05) is 0 Å². The van der Waals surface area contributed by atoms with Gasteiger partial charge in [-0.15, -0.1) is 0 Å². The Kier molecular flexibility index (Phi) is 5.62. The number of aryl methyl sites for hydroxylation is 1. The SMILES string of the molecule is CCc1ccccn1.NN. The van der Waals surface area contributed by atoms with Crippen molar-refractivity contribution in [3.63, 3.8) is 0 Å². The summed E-state index contributed by atoms with van der Waals surface area (Å²) in [5.41, 5.74) is 1.16. The van der Waals surface area contributed by atoms with E-state index in [1.54, 1.807) is 0 Å². The standard InChI is InChI=1S/C7H9N.H4N2/c1-2-7-5-3-4-6-8-7;1-2/h3-6H,2H2,1H3;1-2H2. The fraction of sp³-hybridized carbons (Fsp3) is 0.286. The maximum atomic E-state index is 4.10. The molecule has 3 heteroatoms. The number of rotatable bonds is 1. The van der Waals surface area contributed by atoms with E-state index in [2.05, 4.69) is 23.6 Å². The molecule has 0 saturated heterocycles. The van der Waals surface area contributed by atoms with Gasteiger partial charge in [0.2, 0.25) is 0 Å². The van der Waals surface area contributed by atoms with Crippen LogP contribution in [0.25, 0.3) is 0 Å². The van der Waals surface area contributed by atoms with Crippen molar-refractivity contribution in [1.29, 1.82) is 0 Å². The highest BCUT2D eigenvalue weighted by Crippen LogP contribution is 1.91. The van der Waals surface area contributed by atoms with Gasteiger partial charge in [0.1, 0.15) is 0 Å². The summed E-state index contributed by atoms with van der Waals surface area (Å²) in [5.74, 6) is 8.00. The van der Waals surface area contributed by atoms with Crippen LogP contribution in [-0.4, -0.2) is 4.98 Å². The Hall–Kier alpha value is -0.930. The summed E-state index contributed by atoms with van der Waals surface area (Å²) in [7, 11) is 0. The zero-order chi connectivity index (χ0) is 7.82. The predicted octanol–water partition coefficient (Wildman–Crippen LogP) is 0.463. The molecule has 0 aromatic carbocycles. The Morgan fingerprint density at radius 1 is 1.40 bits per heavy atom. The molecule has 0 saturated carbocycles. The molecule has 0 aliphatic carbocycles. The normalized spacial score (nSPS) is 7.90. The highest BCUT2D eigenvalue weighted by Gasteiger charge is 1.81. The molecule has 0 aliphatic heterocycles. The topological polar surface area (TPSA) is 64.9 Å². The van der Waals surface area contributed by atoms with E-state index in [4.69, 9.17) is 0 Å². The summed E-state index contributed by atoms with van der Waals surface area (Å²) in [4.78, 5) is 4.10. The molecule has 0 aliphatic rings. The average molecular weight is 139 g/mol. The van der Waals surface area contributed by atoms with E-state index in [9.17, 15) is 0 Å². The lowest BCUT2D eigenvalue weighted by molar-refractivity contribution is 1.04. The number of nitrogens with zero attached hydrogens (tertiary/aromatic N) is 1. The third kappa shape index (κ3) is 3.17. The van der Waals surface area contributed by atoms with Gasteiger partial charge in [0.25, 0.3) is 0 Å². The molecule has 0 spiro atoms. The van der Waals surface area contributed by atoms with E-state index in [1.165, 1.54) is 0 Å². The van der Waals surface area contributed by atoms with Gasteiger partial charge in [-0.25, -0.2) is 0 Å². The Labute approximate surface area is 61.0 Å². The number of pyridine rings is 1. The van der Waals surface area contributed by atoms with Gasteiger partial charge in [0.05, 0.1) is 0 Å². The first-order valence-corrected chi connectivity index (χ1v) is 3.16. The van der Waals surface area contributed by atoms with Crippen LogP contribution in [0.15, 0.2) is 24.4 Å². The molecule has 0 fully saturated rings.